The molecule has 0 fully saturated rings. The van der Waals surface area contributed by atoms with Gasteiger partial charge in [-0.2, -0.15) is 5.26 Å². The number of nitriles is 1. The zero-order valence-electron chi connectivity index (χ0n) is 17.0. The lowest BCUT2D eigenvalue weighted by atomic mass is 9.82. The fourth-order valence-corrected chi connectivity index (χ4v) is 5.13. The maximum Gasteiger partial charge on any atom is 0.0991 e. The van der Waals surface area contributed by atoms with E-state index in [0.717, 1.165) is 5.56 Å². The molecular weight excluding hydrogens is 364 g/mol. The van der Waals surface area contributed by atoms with Crippen LogP contribution >= 0.6 is 0 Å². The molecule has 0 spiro atoms. The van der Waals surface area contributed by atoms with E-state index in [1.54, 1.807) is 0 Å². The molecule has 0 amide bonds. The smallest absolute Gasteiger partial charge is 0.0991 e. The Morgan fingerprint density at radius 3 is 1.90 bits per heavy atom. The Labute approximate surface area is 175 Å². The van der Waals surface area contributed by atoms with Crippen molar-refractivity contribution in [1.82, 2.24) is 4.57 Å². The van der Waals surface area contributed by atoms with Gasteiger partial charge >= 0.3 is 0 Å². The lowest BCUT2D eigenvalue weighted by Gasteiger charge is -2.22. The van der Waals surface area contributed by atoms with Gasteiger partial charge in [0, 0.05) is 21.9 Å². The van der Waals surface area contributed by atoms with Crippen LogP contribution in [0.15, 0.2) is 84.9 Å². The molecule has 2 nitrogen and oxygen atoms in total. The second-order valence-corrected chi connectivity index (χ2v) is 8.60. The minimum atomic E-state index is -0.147. The van der Waals surface area contributed by atoms with Crippen LogP contribution in [0, 0.1) is 11.3 Å². The first-order valence-corrected chi connectivity index (χ1v) is 10.3. The molecule has 0 aliphatic heterocycles. The van der Waals surface area contributed by atoms with Gasteiger partial charge in [-0.1, -0.05) is 62.4 Å². The number of fused-ring (bicyclic) bond motifs is 6. The van der Waals surface area contributed by atoms with E-state index in [1.807, 2.05) is 6.07 Å². The van der Waals surface area contributed by atoms with Crippen molar-refractivity contribution in [2.75, 3.05) is 0 Å². The summed E-state index contributed by atoms with van der Waals surface area (Å²) >= 11 is 0. The summed E-state index contributed by atoms with van der Waals surface area (Å²) in [6.07, 6.45) is 0. The predicted molar refractivity (Wildman–Crippen MR) is 123 cm³/mol. The van der Waals surface area contributed by atoms with Gasteiger partial charge in [-0.25, -0.2) is 0 Å². The van der Waals surface area contributed by atoms with Crippen LogP contribution in [0.25, 0.3) is 38.6 Å². The summed E-state index contributed by atoms with van der Waals surface area (Å²) in [4.78, 5) is 0. The van der Waals surface area contributed by atoms with E-state index in [-0.39, 0.29) is 5.41 Å². The number of aromatic nitrogens is 1. The summed E-state index contributed by atoms with van der Waals surface area (Å²) in [5.74, 6) is 0. The van der Waals surface area contributed by atoms with Crippen molar-refractivity contribution in [3.8, 4) is 22.9 Å². The molecular formula is C28H20N2. The van der Waals surface area contributed by atoms with Crippen LogP contribution in [-0.2, 0) is 5.41 Å². The standard InChI is InChI=1S/C28H20N2/c1-28(2)24-15-18(17-29)11-13-20(24)21-14-12-19(16-25(21)28)30-26-9-5-3-7-22(26)23-8-4-6-10-27(23)30/h3-16H,1-2H3. The lowest BCUT2D eigenvalue weighted by Crippen LogP contribution is -2.15. The minimum absolute atomic E-state index is 0.147. The number of para-hydroxylation sites is 2. The number of nitrogens with zero attached hydrogens (tertiary/aromatic N) is 2. The van der Waals surface area contributed by atoms with E-state index >= 15 is 0 Å². The molecule has 1 aliphatic carbocycles. The quantitative estimate of drug-likeness (QED) is 0.307. The van der Waals surface area contributed by atoms with Crippen LogP contribution in [0.2, 0.25) is 0 Å². The van der Waals surface area contributed by atoms with E-state index in [9.17, 15) is 5.26 Å². The maximum atomic E-state index is 9.37. The van der Waals surface area contributed by atoms with Crippen molar-refractivity contribution < 1.29 is 0 Å². The Bertz CT molecular complexity index is 1470. The van der Waals surface area contributed by atoms with Gasteiger partial charge in [-0.3, -0.25) is 0 Å². The van der Waals surface area contributed by atoms with Crippen LogP contribution < -0.4 is 0 Å². The summed E-state index contributed by atoms with van der Waals surface area (Å²) in [6, 6.07) is 32.4. The zero-order chi connectivity index (χ0) is 20.5. The van der Waals surface area contributed by atoms with E-state index in [4.69, 9.17) is 0 Å². The molecule has 142 valence electrons. The molecule has 2 heteroatoms. The third kappa shape index (κ3) is 2.12. The first kappa shape index (κ1) is 17.1. The van der Waals surface area contributed by atoms with Crippen molar-refractivity contribution in [3.63, 3.8) is 0 Å². The van der Waals surface area contributed by atoms with Crippen LogP contribution in [-0.4, -0.2) is 4.57 Å². The van der Waals surface area contributed by atoms with Crippen molar-refractivity contribution in [2.24, 2.45) is 0 Å². The van der Waals surface area contributed by atoms with Crippen LogP contribution in [0.4, 0.5) is 0 Å². The van der Waals surface area contributed by atoms with Gasteiger partial charge in [0.2, 0.25) is 0 Å². The van der Waals surface area contributed by atoms with E-state index in [2.05, 4.69) is 103 Å². The molecule has 0 atom stereocenters. The predicted octanol–water partition coefficient (Wildman–Crippen LogP) is 6.96. The number of hydrogen-bond acceptors (Lipinski definition) is 1. The van der Waals surface area contributed by atoms with Gasteiger partial charge in [0.05, 0.1) is 22.7 Å². The van der Waals surface area contributed by atoms with Crippen molar-refractivity contribution in [1.29, 1.82) is 5.26 Å². The molecule has 0 saturated carbocycles. The SMILES string of the molecule is CC1(C)c2cc(C#N)ccc2-c2ccc(-n3c4ccccc4c4ccccc43)cc21. The average molecular weight is 384 g/mol. The number of rotatable bonds is 1. The molecule has 0 saturated heterocycles. The summed E-state index contributed by atoms with van der Waals surface area (Å²) < 4.78 is 2.37. The fourth-order valence-electron chi connectivity index (χ4n) is 5.13. The first-order chi connectivity index (χ1) is 14.6. The Hall–Kier alpha value is -3.83. The Balaban J connectivity index is 1.64. The third-order valence-electron chi connectivity index (χ3n) is 6.63. The molecule has 30 heavy (non-hydrogen) atoms. The Kier molecular flexibility index (Phi) is 3.32. The van der Waals surface area contributed by atoms with Gasteiger partial charge in [0.15, 0.2) is 0 Å². The van der Waals surface area contributed by atoms with Gasteiger partial charge in [0.25, 0.3) is 0 Å². The molecule has 0 unspecified atom stereocenters. The lowest BCUT2D eigenvalue weighted by molar-refractivity contribution is 0.659. The third-order valence-corrected chi connectivity index (χ3v) is 6.63. The average Bonchev–Trinajstić information content (AvgIpc) is 3.23. The maximum absolute atomic E-state index is 9.37. The highest BCUT2D eigenvalue weighted by atomic mass is 15.0. The van der Waals surface area contributed by atoms with Crippen LogP contribution in [0.3, 0.4) is 0 Å². The summed E-state index contributed by atoms with van der Waals surface area (Å²) in [5, 5.41) is 11.9. The van der Waals surface area contributed by atoms with Gasteiger partial charge in [-0.15, -0.1) is 0 Å². The van der Waals surface area contributed by atoms with Crippen molar-refractivity contribution in [2.45, 2.75) is 19.3 Å². The molecule has 0 N–H and O–H groups in total. The first-order valence-electron chi connectivity index (χ1n) is 10.3. The molecule has 1 aliphatic rings. The molecule has 0 bridgehead atoms. The molecule has 5 aromatic rings. The van der Waals surface area contributed by atoms with Gasteiger partial charge < -0.3 is 4.57 Å². The normalized spacial score (nSPS) is 13.9. The molecule has 1 aromatic heterocycles. The summed E-state index contributed by atoms with van der Waals surface area (Å²) in [7, 11) is 0. The van der Waals surface area contributed by atoms with Gasteiger partial charge in [-0.05, 0) is 58.7 Å². The van der Waals surface area contributed by atoms with E-state index < -0.39 is 0 Å². The summed E-state index contributed by atoms with van der Waals surface area (Å²) in [5.41, 5.74) is 9.24. The Morgan fingerprint density at radius 1 is 0.700 bits per heavy atom. The summed E-state index contributed by atoms with van der Waals surface area (Å²) in [6.45, 7) is 4.52. The van der Waals surface area contributed by atoms with E-state index in [0.29, 0.717) is 0 Å². The zero-order valence-corrected chi connectivity index (χ0v) is 17.0. The van der Waals surface area contributed by atoms with Crippen LogP contribution in [0.5, 0.6) is 0 Å². The topological polar surface area (TPSA) is 28.7 Å². The van der Waals surface area contributed by atoms with Crippen molar-refractivity contribution in [3.05, 3.63) is 102 Å². The monoisotopic (exact) mass is 384 g/mol. The second kappa shape index (κ2) is 5.84. The van der Waals surface area contributed by atoms with Crippen LogP contribution in [0.1, 0.15) is 30.5 Å². The van der Waals surface area contributed by atoms with Gasteiger partial charge in [0.1, 0.15) is 0 Å². The second-order valence-electron chi connectivity index (χ2n) is 8.60. The molecule has 0 radical (unpaired) electrons. The largest absolute Gasteiger partial charge is 0.309 e. The number of hydrogen-bond donors (Lipinski definition) is 0. The molecule has 1 heterocycles. The minimum Gasteiger partial charge on any atom is -0.309 e. The highest BCUT2D eigenvalue weighted by molar-refractivity contribution is 6.09. The van der Waals surface area contributed by atoms with E-state index in [1.165, 1.54) is 49.7 Å². The molecule has 4 aromatic carbocycles. The van der Waals surface area contributed by atoms with Crippen molar-refractivity contribution >= 4 is 21.8 Å². The Morgan fingerprint density at radius 2 is 1.27 bits per heavy atom. The fraction of sp³-hybridized carbons (Fsp3) is 0.107. The highest BCUT2D eigenvalue weighted by Gasteiger charge is 2.36. The molecule has 6 rings (SSSR count). The highest BCUT2D eigenvalue weighted by Crippen LogP contribution is 2.49. The number of benzene rings is 4.